The fourth-order valence-electron chi connectivity index (χ4n) is 4.88. The maximum Gasteiger partial charge on any atom is 0.472 e. The monoisotopic (exact) mass is 711 g/mol. The Morgan fingerprint density at radius 3 is 1.71 bits per heavy atom. The average Bonchev–Trinajstić information content (AvgIpc) is 3.08. The molecule has 10 heteroatoms. The lowest BCUT2D eigenvalue weighted by Gasteiger charge is -2.19. The third-order valence-electron chi connectivity index (χ3n) is 7.70. The molecule has 9 nitrogen and oxygen atoms in total. The number of rotatable bonds is 35. The zero-order valence-corrected chi connectivity index (χ0v) is 31.8. The zero-order valence-electron chi connectivity index (χ0n) is 30.9. The smallest absolute Gasteiger partial charge is 0.462 e. The lowest BCUT2D eigenvalue weighted by atomic mass is 10.1. The van der Waals surface area contributed by atoms with Crippen molar-refractivity contribution < 1.29 is 37.6 Å². The molecular formula is C39H70NO8P. The molecular weight excluding hydrogens is 641 g/mol. The van der Waals surface area contributed by atoms with Gasteiger partial charge in [0, 0.05) is 19.4 Å². The van der Waals surface area contributed by atoms with Crippen LogP contribution in [0.15, 0.2) is 48.6 Å². The number of ether oxygens (including phenoxy) is 2. The van der Waals surface area contributed by atoms with Gasteiger partial charge >= 0.3 is 19.8 Å². The molecule has 0 radical (unpaired) electrons. The van der Waals surface area contributed by atoms with Crippen LogP contribution >= 0.6 is 7.82 Å². The summed E-state index contributed by atoms with van der Waals surface area (Å²) in [6.07, 6.45) is 38.5. The third kappa shape index (κ3) is 35.6. The number of hydrogen-bond donors (Lipinski definition) is 2. The van der Waals surface area contributed by atoms with E-state index in [0.717, 1.165) is 77.0 Å². The maximum atomic E-state index is 12.5. The molecule has 284 valence electrons. The van der Waals surface area contributed by atoms with Crippen LogP contribution in [0.2, 0.25) is 0 Å². The first-order valence-corrected chi connectivity index (χ1v) is 20.6. The molecule has 0 aromatic carbocycles. The van der Waals surface area contributed by atoms with E-state index in [4.69, 9.17) is 24.3 Å². The van der Waals surface area contributed by atoms with Crippen LogP contribution in [-0.4, -0.2) is 49.3 Å². The molecule has 0 heterocycles. The largest absolute Gasteiger partial charge is 0.472 e. The van der Waals surface area contributed by atoms with Gasteiger partial charge in [-0.2, -0.15) is 0 Å². The molecule has 0 spiro atoms. The quantitative estimate of drug-likeness (QED) is 0.0285. The van der Waals surface area contributed by atoms with Crippen molar-refractivity contribution in [3.05, 3.63) is 48.6 Å². The van der Waals surface area contributed by atoms with Gasteiger partial charge in [-0.05, 0) is 70.6 Å². The first-order chi connectivity index (χ1) is 23.8. The summed E-state index contributed by atoms with van der Waals surface area (Å²) >= 11 is 0. The van der Waals surface area contributed by atoms with Gasteiger partial charge in [-0.3, -0.25) is 18.6 Å². The summed E-state index contributed by atoms with van der Waals surface area (Å²) in [5.74, 6) is -0.872. The summed E-state index contributed by atoms with van der Waals surface area (Å²) in [6.45, 7) is 3.55. The minimum atomic E-state index is -4.38. The summed E-state index contributed by atoms with van der Waals surface area (Å²) in [7, 11) is -4.38. The highest BCUT2D eigenvalue weighted by Gasteiger charge is 2.25. The molecule has 0 aromatic rings. The first-order valence-electron chi connectivity index (χ1n) is 19.1. The van der Waals surface area contributed by atoms with E-state index in [1.54, 1.807) is 0 Å². The van der Waals surface area contributed by atoms with Crippen LogP contribution in [0.5, 0.6) is 0 Å². The summed E-state index contributed by atoms with van der Waals surface area (Å²) in [5.41, 5.74) is 5.33. The van der Waals surface area contributed by atoms with Crippen LogP contribution in [-0.2, 0) is 32.7 Å². The molecule has 0 aromatic heterocycles. The number of phosphoric ester groups is 1. The van der Waals surface area contributed by atoms with Crippen molar-refractivity contribution in [3.8, 4) is 0 Å². The number of nitrogens with two attached hydrogens (primary N) is 1. The van der Waals surface area contributed by atoms with Crippen molar-refractivity contribution >= 4 is 19.8 Å². The Bertz CT molecular complexity index is 949. The molecule has 0 fully saturated rings. The minimum absolute atomic E-state index is 0.0470. The van der Waals surface area contributed by atoms with E-state index >= 15 is 0 Å². The molecule has 0 bridgehead atoms. The van der Waals surface area contributed by atoms with Gasteiger partial charge in [0.2, 0.25) is 0 Å². The summed E-state index contributed by atoms with van der Waals surface area (Å²) in [5, 5.41) is 0. The van der Waals surface area contributed by atoms with E-state index in [1.165, 1.54) is 38.5 Å². The number of hydrogen-bond acceptors (Lipinski definition) is 8. The van der Waals surface area contributed by atoms with Crippen molar-refractivity contribution in [2.24, 2.45) is 5.73 Å². The fourth-order valence-corrected chi connectivity index (χ4v) is 5.64. The molecule has 0 saturated carbocycles. The normalized spacial score (nSPS) is 14.0. The predicted octanol–water partition coefficient (Wildman–Crippen LogP) is 10.4. The van der Waals surface area contributed by atoms with Gasteiger partial charge < -0.3 is 20.1 Å². The Morgan fingerprint density at radius 1 is 0.633 bits per heavy atom. The Labute approximate surface area is 298 Å². The van der Waals surface area contributed by atoms with Crippen LogP contribution in [0.25, 0.3) is 0 Å². The van der Waals surface area contributed by atoms with Gasteiger partial charge in [-0.25, -0.2) is 4.57 Å². The highest BCUT2D eigenvalue weighted by atomic mass is 31.2. The van der Waals surface area contributed by atoms with Gasteiger partial charge in [0.25, 0.3) is 0 Å². The molecule has 0 aliphatic rings. The number of phosphoric acid groups is 1. The molecule has 2 atom stereocenters. The topological polar surface area (TPSA) is 134 Å². The fraction of sp³-hybridized carbons (Fsp3) is 0.744. The molecule has 3 N–H and O–H groups in total. The summed E-state index contributed by atoms with van der Waals surface area (Å²) < 4.78 is 32.6. The van der Waals surface area contributed by atoms with Crippen LogP contribution in [0.3, 0.4) is 0 Å². The van der Waals surface area contributed by atoms with Gasteiger partial charge in [0.15, 0.2) is 6.10 Å². The van der Waals surface area contributed by atoms with Crippen molar-refractivity contribution in [3.63, 3.8) is 0 Å². The number of carbonyl (C=O) groups excluding carboxylic acids is 2. The molecule has 49 heavy (non-hydrogen) atoms. The van der Waals surface area contributed by atoms with E-state index in [0.29, 0.717) is 12.8 Å². The van der Waals surface area contributed by atoms with Gasteiger partial charge in [0.1, 0.15) is 6.61 Å². The molecule has 0 rings (SSSR count). The molecule has 0 aliphatic heterocycles. The van der Waals surface area contributed by atoms with Crippen LogP contribution in [0, 0.1) is 0 Å². The van der Waals surface area contributed by atoms with Gasteiger partial charge in [-0.1, -0.05) is 120 Å². The molecule has 0 aliphatic carbocycles. The predicted molar refractivity (Wildman–Crippen MR) is 201 cm³/mol. The second-order valence-corrected chi connectivity index (χ2v) is 13.9. The van der Waals surface area contributed by atoms with Crippen molar-refractivity contribution in [1.29, 1.82) is 0 Å². The van der Waals surface area contributed by atoms with E-state index in [9.17, 15) is 19.0 Å². The van der Waals surface area contributed by atoms with Crippen molar-refractivity contribution in [2.45, 2.75) is 161 Å². The second-order valence-electron chi connectivity index (χ2n) is 12.4. The SMILES string of the molecule is CC/C=C/C/C=C/C/C=C/CCCCCCCC(=O)OC[C@H](COP(=O)(O)OCCN)OC(=O)CCCCC/C=C/CCCCCCCC. The maximum absolute atomic E-state index is 12.5. The molecule has 0 saturated heterocycles. The van der Waals surface area contributed by atoms with Crippen molar-refractivity contribution in [1.82, 2.24) is 0 Å². The Kier molecular flexibility index (Phi) is 34.3. The number of allylic oxidation sites excluding steroid dienone is 8. The molecule has 1 unspecified atom stereocenters. The van der Waals surface area contributed by atoms with E-state index < -0.39 is 32.5 Å². The number of carbonyl (C=O) groups is 2. The zero-order chi connectivity index (χ0) is 36.1. The minimum Gasteiger partial charge on any atom is -0.462 e. The summed E-state index contributed by atoms with van der Waals surface area (Å²) in [4.78, 5) is 34.7. The van der Waals surface area contributed by atoms with E-state index in [-0.39, 0.29) is 32.6 Å². The van der Waals surface area contributed by atoms with Crippen molar-refractivity contribution in [2.75, 3.05) is 26.4 Å². The van der Waals surface area contributed by atoms with Gasteiger partial charge in [-0.15, -0.1) is 0 Å². The highest BCUT2D eigenvalue weighted by Crippen LogP contribution is 2.43. The number of esters is 2. The third-order valence-corrected chi connectivity index (χ3v) is 8.68. The lowest BCUT2D eigenvalue weighted by Crippen LogP contribution is -2.29. The van der Waals surface area contributed by atoms with Crippen LogP contribution < -0.4 is 5.73 Å². The van der Waals surface area contributed by atoms with E-state index in [2.05, 4.69) is 62.5 Å². The Balaban J connectivity index is 4.28. The highest BCUT2D eigenvalue weighted by molar-refractivity contribution is 7.47. The van der Waals surface area contributed by atoms with Crippen LogP contribution in [0.4, 0.5) is 0 Å². The van der Waals surface area contributed by atoms with E-state index in [1.807, 2.05) is 0 Å². The van der Waals surface area contributed by atoms with Gasteiger partial charge in [0.05, 0.1) is 13.2 Å². The Morgan fingerprint density at radius 2 is 1.12 bits per heavy atom. The average molecular weight is 712 g/mol. The summed E-state index contributed by atoms with van der Waals surface area (Å²) in [6, 6.07) is 0. The van der Waals surface area contributed by atoms with Crippen LogP contribution in [0.1, 0.15) is 155 Å². The second kappa shape index (κ2) is 35.8. The first kappa shape index (κ1) is 47.0. The molecule has 0 amide bonds. The number of unbranched alkanes of at least 4 members (excludes halogenated alkanes) is 14. The Hall–Kier alpha value is -2.03. The lowest BCUT2D eigenvalue weighted by molar-refractivity contribution is -0.161. The standard InChI is InChI=1S/C39H70NO8P/c1-3-5-7-9-11-13-15-17-18-20-21-23-25-27-29-31-38(41)45-35-37(36-47-49(43,44)46-34-33-40)48-39(42)32-30-28-26-24-22-19-16-14-12-10-8-6-4-2/h5,7,11,13,17-19,22,37H,3-4,6,8-10,12,14-16,20-21,23-36,40H2,1-2H3,(H,43,44)/b7-5+,13-11+,18-17+,22-19+/t37-/m1/s1.